The van der Waals surface area contributed by atoms with Gasteiger partial charge in [-0.05, 0) is 26.0 Å². The summed E-state index contributed by atoms with van der Waals surface area (Å²) in [6.45, 7) is 5.21. The van der Waals surface area contributed by atoms with E-state index < -0.39 is 0 Å². The number of rotatable bonds is 5. The standard InChI is InChI=1S/C19H21N5O3/c1-13(26)15-4-3-5-16(10-15)22-18-11-17(20-14(2)21-18)19(27)24-8-6-23(12-25)7-9-24/h3-5,10-12H,6-9H2,1-2H3,(H,20,21,22). The van der Waals surface area contributed by atoms with Crippen LogP contribution in [0.1, 0.15) is 33.6 Å². The monoisotopic (exact) mass is 367 g/mol. The van der Waals surface area contributed by atoms with Gasteiger partial charge in [0.1, 0.15) is 17.3 Å². The predicted molar refractivity (Wildman–Crippen MR) is 100 cm³/mol. The third-order valence-corrected chi connectivity index (χ3v) is 4.35. The number of carbonyl (C=O) groups is 3. The van der Waals surface area contributed by atoms with Crippen LogP contribution < -0.4 is 5.32 Å². The first-order chi connectivity index (χ1) is 13.0. The first kappa shape index (κ1) is 18.5. The van der Waals surface area contributed by atoms with E-state index in [1.807, 2.05) is 6.07 Å². The molecule has 2 amide bonds. The van der Waals surface area contributed by atoms with E-state index in [4.69, 9.17) is 0 Å². The van der Waals surface area contributed by atoms with Crippen LogP contribution in [0.15, 0.2) is 30.3 Å². The smallest absolute Gasteiger partial charge is 0.272 e. The lowest BCUT2D eigenvalue weighted by molar-refractivity contribution is -0.119. The van der Waals surface area contributed by atoms with Gasteiger partial charge in [0.25, 0.3) is 5.91 Å². The number of piperazine rings is 1. The number of aromatic nitrogens is 2. The minimum Gasteiger partial charge on any atom is -0.342 e. The Bertz CT molecular complexity index is 875. The molecule has 1 saturated heterocycles. The molecule has 0 saturated carbocycles. The maximum absolute atomic E-state index is 12.8. The minimum absolute atomic E-state index is 0.0251. The summed E-state index contributed by atoms with van der Waals surface area (Å²) < 4.78 is 0. The van der Waals surface area contributed by atoms with Crippen LogP contribution in [0, 0.1) is 6.92 Å². The number of hydrogen-bond donors (Lipinski definition) is 1. The molecule has 0 bridgehead atoms. The predicted octanol–water partition coefficient (Wildman–Crippen LogP) is 1.65. The summed E-state index contributed by atoms with van der Waals surface area (Å²) >= 11 is 0. The number of nitrogens with one attached hydrogen (secondary N) is 1. The average Bonchev–Trinajstić information content (AvgIpc) is 2.67. The van der Waals surface area contributed by atoms with Crippen LogP contribution >= 0.6 is 0 Å². The lowest BCUT2D eigenvalue weighted by Crippen LogP contribution is -2.48. The van der Waals surface area contributed by atoms with E-state index in [1.165, 1.54) is 6.92 Å². The van der Waals surface area contributed by atoms with Crippen LogP contribution in [0.25, 0.3) is 0 Å². The first-order valence-electron chi connectivity index (χ1n) is 8.68. The van der Waals surface area contributed by atoms with E-state index in [1.54, 1.807) is 41.0 Å². The number of nitrogens with zero attached hydrogens (tertiary/aromatic N) is 4. The number of hydrogen-bond acceptors (Lipinski definition) is 6. The van der Waals surface area contributed by atoms with Crippen LogP contribution in [0.4, 0.5) is 11.5 Å². The second-order valence-electron chi connectivity index (χ2n) is 6.38. The van der Waals surface area contributed by atoms with Gasteiger partial charge in [0.05, 0.1) is 0 Å². The van der Waals surface area contributed by atoms with E-state index in [0.29, 0.717) is 54.8 Å². The second-order valence-corrected chi connectivity index (χ2v) is 6.38. The normalized spacial score (nSPS) is 14.0. The fourth-order valence-corrected chi connectivity index (χ4v) is 2.90. The molecule has 2 aromatic rings. The van der Waals surface area contributed by atoms with Crippen molar-refractivity contribution in [3.05, 3.63) is 47.4 Å². The Morgan fingerprint density at radius 1 is 1.11 bits per heavy atom. The molecule has 0 unspecified atom stereocenters. The number of carbonyl (C=O) groups excluding carboxylic acids is 3. The topological polar surface area (TPSA) is 95.5 Å². The van der Waals surface area contributed by atoms with Gasteiger partial charge in [0, 0.05) is 43.5 Å². The molecule has 1 fully saturated rings. The van der Waals surface area contributed by atoms with Gasteiger partial charge in [-0.2, -0.15) is 0 Å². The van der Waals surface area contributed by atoms with E-state index in [0.717, 1.165) is 6.41 Å². The molecule has 1 aliphatic rings. The third-order valence-electron chi connectivity index (χ3n) is 4.35. The molecule has 2 heterocycles. The Hall–Kier alpha value is -3.29. The Morgan fingerprint density at radius 3 is 2.52 bits per heavy atom. The van der Waals surface area contributed by atoms with Crippen molar-refractivity contribution in [3.8, 4) is 0 Å². The third kappa shape index (κ3) is 4.46. The summed E-state index contributed by atoms with van der Waals surface area (Å²) in [5, 5.41) is 3.13. The molecule has 0 radical (unpaired) electrons. The van der Waals surface area contributed by atoms with Crippen molar-refractivity contribution in [2.75, 3.05) is 31.5 Å². The van der Waals surface area contributed by atoms with Gasteiger partial charge in [-0.15, -0.1) is 0 Å². The zero-order valence-corrected chi connectivity index (χ0v) is 15.3. The molecule has 27 heavy (non-hydrogen) atoms. The molecule has 1 aromatic carbocycles. The van der Waals surface area contributed by atoms with Crippen molar-refractivity contribution in [2.45, 2.75) is 13.8 Å². The molecule has 0 aliphatic carbocycles. The van der Waals surface area contributed by atoms with E-state index >= 15 is 0 Å². The van der Waals surface area contributed by atoms with Crippen molar-refractivity contribution in [1.29, 1.82) is 0 Å². The highest BCUT2D eigenvalue weighted by molar-refractivity contribution is 5.95. The van der Waals surface area contributed by atoms with Crippen molar-refractivity contribution in [1.82, 2.24) is 19.8 Å². The molecule has 1 aliphatic heterocycles. The Labute approximate surface area is 157 Å². The number of amides is 2. The van der Waals surface area contributed by atoms with Crippen molar-refractivity contribution >= 4 is 29.6 Å². The maximum Gasteiger partial charge on any atom is 0.272 e. The highest BCUT2D eigenvalue weighted by atomic mass is 16.2. The van der Waals surface area contributed by atoms with Crippen LogP contribution in [-0.4, -0.2) is 64.0 Å². The van der Waals surface area contributed by atoms with Gasteiger partial charge in [0.15, 0.2) is 5.78 Å². The lowest BCUT2D eigenvalue weighted by Gasteiger charge is -2.32. The van der Waals surface area contributed by atoms with Gasteiger partial charge in [0.2, 0.25) is 6.41 Å². The van der Waals surface area contributed by atoms with Crippen LogP contribution in [0.5, 0.6) is 0 Å². The number of anilines is 2. The van der Waals surface area contributed by atoms with E-state index in [-0.39, 0.29) is 11.7 Å². The Balaban J connectivity index is 1.78. The summed E-state index contributed by atoms with van der Waals surface area (Å²) in [6.07, 6.45) is 0.799. The lowest BCUT2D eigenvalue weighted by atomic mass is 10.1. The Kier molecular flexibility index (Phi) is 5.44. The molecular weight excluding hydrogens is 346 g/mol. The molecule has 3 rings (SSSR count). The van der Waals surface area contributed by atoms with Crippen LogP contribution in [0.3, 0.4) is 0 Å². The molecule has 1 N–H and O–H groups in total. The molecule has 8 nitrogen and oxygen atoms in total. The largest absolute Gasteiger partial charge is 0.342 e. The molecule has 1 aromatic heterocycles. The summed E-state index contributed by atoms with van der Waals surface area (Å²) in [7, 11) is 0. The Morgan fingerprint density at radius 2 is 1.85 bits per heavy atom. The summed E-state index contributed by atoms with van der Waals surface area (Å²) in [4.78, 5) is 47.0. The molecule has 140 valence electrons. The number of benzene rings is 1. The molecule has 0 spiro atoms. The molecular formula is C19H21N5O3. The van der Waals surface area contributed by atoms with Gasteiger partial charge < -0.3 is 15.1 Å². The SMILES string of the molecule is CC(=O)c1cccc(Nc2cc(C(=O)N3CCN(C=O)CC3)nc(C)n2)c1. The van der Waals surface area contributed by atoms with Gasteiger partial charge in [-0.3, -0.25) is 14.4 Å². The summed E-state index contributed by atoms with van der Waals surface area (Å²) in [5.41, 5.74) is 1.60. The van der Waals surface area contributed by atoms with Crippen LogP contribution in [0.2, 0.25) is 0 Å². The summed E-state index contributed by atoms with van der Waals surface area (Å²) in [5.74, 6) is 0.741. The van der Waals surface area contributed by atoms with Gasteiger partial charge in [-0.1, -0.05) is 12.1 Å². The quantitative estimate of drug-likeness (QED) is 0.638. The van der Waals surface area contributed by atoms with E-state index in [2.05, 4.69) is 15.3 Å². The minimum atomic E-state index is -0.188. The van der Waals surface area contributed by atoms with Crippen molar-refractivity contribution < 1.29 is 14.4 Å². The first-order valence-corrected chi connectivity index (χ1v) is 8.68. The summed E-state index contributed by atoms with van der Waals surface area (Å²) in [6, 6.07) is 8.68. The number of aryl methyl sites for hydroxylation is 1. The zero-order valence-electron chi connectivity index (χ0n) is 15.3. The average molecular weight is 367 g/mol. The van der Waals surface area contributed by atoms with Crippen LogP contribution in [-0.2, 0) is 4.79 Å². The highest BCUT2D eigenvalue weighted by Gasteiger charge is 2.23. The zero-order chi connectivity index (χ0) is 19.4. The number of Topliss-reactive ketones (excluding diaryl/α,β-unsaturated/α-hetero) is 1. The van der Waals surface area contributed by atoms with Crippen molar-refractivity contribution in [3.63, 3.8) is 0 Å². The van der Waals surface area contributed by atoms with Gasteiger partial charge in [-0.25, -0.2) is 9.97 Å². The maximum atomic E-state index is 12.8. The highest BCUT2D eigenvalue weighted by Crippen LogP contribution is 2.18. The van der Waals surface area contributed by atoms with E-state index in [9.17, 15) is 14.4 Å². The fourth-order valence-electron chi connectivity index (χ4n) is 2.90. The molecule has 0 atom stereocenters. The van der Waals surface area contributed by atoms with Crippen molar-refractivity contribution in [2.24, 2.45) is 0 Å². The molecule has 8 heteroatoms. The fraction of sp³-hybridized carbons (Fsp3) is 0.316. The van der Waals surface area contributed by atoms with Gasteiger partial charge >= 0.3 is 0 Å². The number of ketones is 1. The second kappa shape index (κ2) is 7.94.